The van der Waals surface area contributed by atoms with Crippen LogP contribution in [-0.2, 0) is 34.2 Å². The number of aromatic nitrogens is 3. The zero-order chi connectivity index (χ0) is 21.2. The van der Waals surface area contributed by atoms with Gasteiger partial charge >= 0.3 is 5.97 Å². The minimum absolute atomic E-state index is 0.129. The number of ether oxygens (including phenoxy) is 1. The Hall–Kier alpha value is -1.87. The van der Waals surface area contributed by atoms with Crippen LogP contribution in [0.3, 0.4) is 0 Å². The van der Waals surface area contributed by atoms with Gasteiger partial charge in [-0.15, -0.1) is 21.5 Å². The lowest BCUT2D eigenvalue weighted by Crippen LogP contribution is -2.31. The highest BCUT2D eigenvalue weighted by molar-refractivity contribution is 7.99. The molecular weight excluding hydrogens is 408 g/mol. The average molecular weight is 437 g/mol. The first-order valence-corrected chi connectivity index (χ1v) is 11.5. The summed E-state index contributed by atoms with van der Waals surface area (Å²) in [6.45, 7) is 6.84. The average Bonchev–Trinajstić information content (AvgIpc) is 3.25. The van der Waals surface area contributed by atoms with Crippen molar-refractivity contribution in [2.75, 3.05) is 19.4 Å². The van der Waals surface area contributed by atoms with Gasteiger partial charge in [-0.2, -0.15) is 0 Å². The topological polar surface area (TPSA) is 86.1 Å². The van der Waals surface area contributed by atoms with E-state index in [9.17, 15) is 9.59 Å². The molecule has 2 aromatic rings. The summed E-state index contributed by atoms with van der Waals surface area (Å²) in [4.78, 5) is 25.6. The number of fused-ring (bicyclic) bond motifs is 1. The van der Waals surface area contributed by atoms with Crippen LogP contribution in [0.5, 0.6) is 0 Å². The fourth-order valence-corrected chi connectivity index (χ4v) is 5.42. The van der Waals surface area contributed by atoms with Gasteiger partial charge in [0.05, 0.1) is 17.7 Å². The summed E-state index contributed by atoms with van der Waals surface area (Å²) in [7, 11) is 3.21. The SMILES string of the molecule is COC(=O)CNC(=O)CSc1nnc(-c2cc3c(s2)CCC(C(C)(C)C)C3)n1C. The molecule has 29 heavy (non-hydrogen) atoms. The van der Waals surface area contributed by atoms with Crippen LogP contribution in [0.4, 0.5) is 0 Å². The molecule has 0 saturated heterocycles. The first-order chi connectivity index (χ1) is 13.7. The second-order valence-electron chi connectivity index (χ2n) is 8.37. The summed E-state index contributed by atoms with van der Waals surface area (Å²) >= 11 is 3.10. The lowest BCUT2D eigenvalue weighted by Gasteiger charge is -2.33. The molecular formula is C20H28N4O3S2. The maximum absolute atomic E-state index is 11.9. The molecule has 158 valence electrons. The highest BCUT2D eigenvalue weighted by Gasteiger charge is 2.30. The second kappa shape index (κ2) is 8.87. The maximum atomic E-state index is 11.9. The molecule has 0 aliphatic heterocycles. The van der Waals surface area contributed by atoms with Crippen molar-refractivity contribution in [2.24, 2.45) is 18.4 Å². The third-order valence-corrected chi connectivity index (χ3v) is 7.61. The molecule has 1 aliphatic carbocycles. The predicted octanol–water partition coefficient (Wildman–Crippen LogP) is 3.08. The van der Waals surface area contributed by atoms with Gasteiger partial charge < -0.3 is 14.6 Å². The number of carbonyl (C=O) groups is 2. The zero-order valence-electron chi connectivity index (χ0n) is 17.6. The minimum Gasteiger partial charge on any atom is -0.468 e. The Balaban J connectivity index is 1.65. The van der Waals surface area contributed by atoms with Crippen LogP contribution in [0, 0.1) is 11.3 Å². The Bertz CT molecular complexity index is 898. The van der Waals surface area contributed by atoms with E-state index in [1.807, 2.05) is 11.6 Å². The van der Waals surface area contributed by atoms with Crippen molar-refractivity contribution < 1.29 is 14.3 Å². The molecule has 1 amide bonds. The Kier molecular flexibility index (Phi) is 6.68. The van der Waals surface area contributed by atoms with E-state index in [2.05, 4.69) is 47.1 Å². The van der Waals surface area contributed by atoms with E-state index in [4.69, 9.17) is 0 Å². The summed E-state index contributed by atoms with van der Waals surface area (Å²) in [5.74, 6) is 0.974. The number of methoxy groups -OCH3 is 1. The number of hydrogen-bond donors (Lipinski definition) is 1. The molecule has 1 unspecified atom stereocenters. The number of amides is 1. The van der Waals surface area contributed by atoms with Gasteiger partial charge in [-0.05, 0) is 42.2 Å². The fourth-order valence-electron chi connectivity index (χ4n) is 3.45. The van der Waals surface area contributed by atoms with Crippen LogP contribution < -0.4 is 5.32 Å². The Morgan fingerprint density at radius 1 is 1.38 bits per heavy atom. The monoisotopic (exact) mass is 436 g/mol. The van der Waals surface area contributed by atoms with Crippen LogP contribution >= 0.6 is 23.1 Å². The summed E-state index contributed by atoms with van der Waals surface area (Å²) in [6.07, 6.45) is 3.48. The zero-order valence-corrected chi connectivity index (χ0v) is 19.2. The summed E-state index contributed by atoms with van der Waals surface area (Å²) in [6, 6.07) is 2.26. The smallest absolute Gasteiger partial charge is 0.325 e. The van der Waals surface area contributed by atoms with Gasteiger partial charge in [0.2, 0.25) is 5.91 Å². The predicted molar refractivity (Wildman–Crippen MR) is 115 cm³/mol. The summed E-state index contributed by atoms with van der Waals surface area (Å²) in [5, 5.41) is 11.8. The number of esters is 1. The van der Waals surface area contributed by atoms with Crippen LogP contribution in [0.2, 0.25) is 0 Å². The molecule has 0 bridgehead atoms. The molecule has 0 radical (unpaired) electrons. The van der Waals surface area contributed by atoms with Crippen molar-refractivity contribution in [1.29, 1.82) is 0 Å². The number of nitrogens with one attached hydrogen (secondary N) is 1. The molecule has 0 aromatic carbocycles. The van der Waals surface area contributed by atoms with Crippen molar-refractivity contribution in [1.82, 2.24) is 20.1 Å². The molecule has 0 spiro atoms. The molecule has 1 atom stereocenters. The van der Waals surface area contributed by atoms with Crippen LogP contribution in [0.1, 0.15) is 37.6 Å². The van der Waals surface area contributed by atoms with Gasteiger partial charge in [0.1, 0.15) is 6.54 Å². The highest BCUT2D eigenvalue weighted by Crippen LogP contribution is 2.42. The minimum atomic E-state index is -0.473. The van der Waals surface area contributed by atoms with E-state index < -0.39 is 5.97 Å². The van der Waals surface area contributed by atoms with E-state index in [1.165, 1.54) is 35.7 Å². The normalized spacial score (nSPS) is 16.4. The van der Waals surface area contributed by atoms with E-state index >= 15 is 0 Å². The first kappa shape index (κ1) is 21.8. The number of nitrogens with zero attached hydrogens (tertiary/aromatic N) is 3. The van der Waals surface area contributed by atoms with Gasteiger partial charge in [0.25, 0.3) is 0 Å². The van der Waals surface area contributed by atoms with E-state index in [0.29, 0.717) is 16.5 Å². The van der Waals surface area contributed by atoms with Gasteiger partial charge in [-0.1, -0.05) is 32.5 Å². The standard InChI is InChI=1S/C20H28N4O3S2/c1-20(2,3)13-6-7-14-12(8-13)9-15(29-14)18-22-23-19(24(18)4)28-11-16(25)21-10-17(26)27-5/h9,13H,6-8,10-11H2,1-5H3,(H,21,25). The maximum Gasteiger partial charge on any atom is 0.325 e. The molecule has 3 rings (SSSR count). The quantitative estimate of drug-likeness (QED) is 0.553. The van der Waals surface area contributed by atoms with Gasteiger partial charge in [0.15, 0.2) is 11.0 Å². The number of thiophene rings is 1. The molecule has 2 aromatic heterocycles. The molecule has 1 aliphatic rings. The molecule has 7 nitrogen and oxygen atoms in total. The fraction of sp³-hybridized carbons (Fsp3) is 0.600. The number of hydrogen-bond acceptors (Lipinski definition) is 7. The number of aryl methyl sites for hydroxylation is 1. The summed E-state index contributed by atoms with van der Waals surface area (Å²) < 4.78 is 6.44. The third kappa shape index (κ3) is 5.19. The molecule has 0 saturated carbocycles. The van der Waals surface area contributed by atoms with Gasteiger partial charge in [0, 0.05) is 11.9 Å². The Labute approximate surface area is 179 Å². The van der Waals surface area contributed by atoms with Gasteiger partial charge in [-0.3, -0.25) is 9.59 Å². The second-order valence-corrected chi connectivity index (χ2v) is 10.5. The lowest BCUT2D eigenvalue weighted by molar-refractivity contribution is -0.140. The van der Waals surface area contributed by atoms with Crippen molar-refractivity contribution in [3.05, 3.63) is 16.5 Å². The van der Waals surface area contributed by atoms with Crippen molar-refractivity contribution in [3.63, 3.8) is 0 Å². The number of rotatable bonds is 6. The van der Waals surface area contributed by atoms with Crippen LogP contribution in [0.15, 0.2) is 11.2 Å². The molecule has 2 heterocycles. The number of carbonyl (C=O) groups excluding carboxylic acids is 2. The van der Waals surface area contributed by atoms with Crippen LogP contribution in [0.25, 0.3) is 10.7 Å². The van der Waals surface area contributed by atoms with E-state index in [-0.39, 0.29) is 18.2 Å². The molecule has 0 fully saturated rings. The highest BCUT2D eigenvalue weighted by atomic mass is 32.2. The van der Waals surface area contributed by atoms with Crippen molar-refractivity contribution in [3.8, 4) is 10.7 Å². The van der Waals surface area contributed by atoms with E-state index in [0.717, 1.165) is 23.5 Å². The number of thioether (sulfide) groups is 1. The summed E-state index contributed by atoms with van der Waals surface area (Å²) in [5.41, 5.74) is 1.76. The Morgan fingerprint density at radius 3 is 2.83 bits per heavy atom. The van der Waals surface area contributed by atoms with Crippen molar-refractivity contribution >= 4 is 35.0 Å². The lowest BCUT2D eigenvalue weighted by atomic mass is 9.72. The van der Waals surface area contributed by atoms with Gasteiger partial charge in [-0.25, -0.2) is 0 Å². The van der Waals surface area contributed by atoms with E-state index in [1.54, 1.807) is 11.3 Å². The molecule has 9 heteroatoms. The largest absolute Gasteiger partial charge is 0.468 e. The first-order valence-electron chi connectivity index (χ1n) is 9.66. The van der Waals surface area contributed by atoms with Crippen molar-refractivity contribution in [2.45, 2.75) is 45.2 Å². The molecule has 1 N–H and O–H groups in total. The third-order valence-electron chi connectivity index (χ3n) is 5.35. The Morgan fingerprint density at radius 2 is 2.14 bits per heavy atom. The van der Waals surface area contributed by atoms with Crippen LogP contribution in [-0.4, -0.2) is 46.0 Å².